The molecule has 0 aliphatic carbocycles. The molecule has 0 N–H and O–H groups in total. The van der Waals surface area contributed by atoms with Crippen LogP contribution in [0.2, 0.25) is 0 Å². The van der Waals surface area contributed by atoms with Gasteiger partial charge in [-0.05, 0) is 42.7 Å². The summed E-state index contributed by atoms with van der Waals surface area (Å²) in [7, 11) is 3.97. The molecule has 0 saturated heterocycles. The number of hydrogen-bond acceptors (Lipinski definition) is 2. The molecule has 1 rings (SSSR count). The van der Waals surface area contributed by atoms with Crippen molar-refractivity contribution in [2.24, 2.45) is 5.92 Å². The Morgan fingerprint density at radius 2 is 1.71 bits per heavy atom. The maximum atomic E-state index is 12.1. The van der Waals surface area contributed by atoms with Gasteiger partial charge >= 0.3 is 0 Å². The van der Waals surface area contributed by atoms with Crippen molar-refractivity contribution in [3.63, 3.8) is 0 Å². The molecule has 0 aliphatic rings. The molecule has 1 aromatic carbocycles. The highest BCUT2D eigenvalue weighted by atomic mass is 16.1. The van der Waals surface area contributed by atoms with Crippen LogP contribution >= 0.6 is 0 Å². The van der Waals surface area contributed by atoms with E-state index in [9.17, 15) is 4.79 Å². The van der Waals surface area contributed by atoms with Crippen LogP contribution in [0.15, 0.2) is 35.9 Å². The van der Waals surface area contributed by atoms with E-state index < -0.39 is 0 Å². The van der Waals surface area contributed by atoms with E-state index in [0.717, 1.165) is 16.8 Å². The summed E-state index contributed by atoms with van der Waals surface area (Å²) in [5.41, 5.74) is 2.68. The lowest BCUT2D eigenvalue weighted by molar-refractivity contribution is 0.103. The minimum atomic E-state index is 0.115. The number of allylic oxidation sites excluding steroid dienone is 2. The van der Waals surface area contributed by atoms with Gasteiger partial charge in [-0.1, -0.05) is 19.9 Å². The van der Waals surface area contributed by atoms with E-state index in [1.165, 1.54) is 0 Å². The third-order valence-corrected chi connectivity index (χ3v) is 2.59. The fourth-order valence-electron chi connectivity index (χ4n) is 1.71. The van der Waals surface area contributed by atoms with Crippen LogP contribution in [0.1, 0.15) is 31.1 Å². The van der Waals surface area contributed by atoms with Crippen molar-refractivity contribution in [1.29, 1.82) is 0 Å². The lowest BCUT2D eigenvalue weighted by atomic mass is 10.0. The maximum absolute atomic E-state index is 12.1. The Kier molecular flexibility index (Phi) is 4.50. The van der Waals surface area contributed by atoms with Gasteiger partial charge in [0.05, 0.1) is 0 Å². The van der Waals surface area contributed by atoms with Crippen LogP contribution in [0, 0.1) is 5.92 Å². The normalized spacial score (nSPS) is 11.8. The molecule has 0 amide bonds. The molecule has 0 aliphatic heterocycles. The first-order chi connectivity index (χ1) is 7.91. The van der Waals surface area contributed by atoms with E-state index in [1.807, 2.05) is 56.3 Å². The summed E-state index contributed by atoms with van der Waals surface area (Å²) in [5.74, 6) is 0.518. The summed E-state index contributed by atoms with van der Waals surface area (Å²) in [6.45, 7) is 6.03. The van der Waals surface area contributed by atoms with E-state index in [-0.39, 0.29) is 5.78 Å². The maximum Gasteiger partial charge on any atom is 0.188 e. The number of carbonyl (C=O) groups excluding carboxylic acids is 1. The molecule has 1 aromatic rings. The smallest absolute Gasteiger partial charge is 0.188 e. The Labute approximate surface area is 104 Å². The molecule has 92 valence electrons. The third kappa shape index (κ3) is 3.74. The largest absolute Gasteiger partial charge is 0.378 e. The zero-order chi connectivity index (χ0) is 13.0. The molecule has 0 heterocycles. The topological polar surface area (TPSA) is 20.3 Å². The Hall–Kier alpha value is -1.57. The lowest BCUT2D eigenvalue weighted by Gasteiger charge is -2.12. The van der Waals surface area contributed by atoms with Crippen molar-refractivity contribution in [1.82, 2.24) is 0 Å². The predicted molar refractivity (Wildman–Crippen MR) is 73.7 cm³/mol. The van der Waals surface area contributed by atoms with Crippen molar-refractivity contribution in [2.75, 3.05) is 19.0 Å². The third-order valence-electron chi connectivity index (χ3n) is 2.59. The molecular weight excluding hydrogens is 210 g/mol. The average molecular weight is 231 g/mol. The number of anilines is 1. The van der Waals surface area contributed by atoms with Gasteiger partial charge in [0.2, 0.25) is 0 Å². The van der Waals surface area contributed by atoms with E-state index in [0.29, 0.717) is 5.92 Å². The van der Waals surface area contributed by atoms with Crippen molar-refractivity contribution in [2.45, 2.75) is 20.8 Å². The monoisotopic (exact) mass is 231 g/mol. The van der Waals surface area contributed by atoms with Gasteiger partial charge in [0, 0.05) is 25.3 Å². The van der Waals surface area contributed by atoms with E-state index in [1.54, 1.807) is 0 Å². The zero-order valence-corrected chi connectivity index (χ0v) is 11.3. The molecule has 0 fully saturated rings. The second kappa shape index (κ2) is 5.67. The van der Waals surface area contributed by atoms with E-state index in [4.69, 9.17) is 0 Å². The number of nitrogens with zero attached hydrogens (tertiary/aromatic N) is 1. The number of ketones is 1. The molecule has 0 unspecified atom stereocenters. The summed E-state index contributed by atoms with van der Waals surface area (Å²) in [4.78, 5) is 14.1. The van der Waals surface area contributed by atoms with Crippen LogP contribution < -0.4 is 4.90 Å². The summed E-state index contributed by atoms with van der Waals surface area (Å²) in [5, 5.41) is 0. The van der Waals surface area contributed by atoms with Crippen LogP contribution in [0.25, 0.3) is 0 Å². The Bertz CT molecular complexity index is 413. The Morgan fingerprint density at radius 3 is 2.12 bits per heavy atom. The minimum Gasteiger partial charge on any atom is -0.378 e. The summed E-state index contributed by atoms with van der Waals surface area (Å²) < 4.78 is 0. The van der Waals surface area contributed by atoms with Gasteiger partial charge in [-0.2, -0.15) is 0 Å². The SMILES string of the molecule is C/C(=C\C(C)C)C(=O)c1ccc(N(C)C)cc1. The Morgan fingerprint density at radius 1 is 1.18 bits per heavy atom. The number of carbonyl (C=O) groups is 1. The summed E-state index contributed by atoms with van der Waals surface area (Å²) >= 11 is 0. The first kappa shape index (κ1) is 13.5. The molecule has 0 spiro atoms. The van der Waals surface area contributed by atoms with Gasteiger partial charge in [-0.3, -0.25) is 4.79 Å². The molecule has 0 bridgehead atoms. The molecule has 0 aromatic heterocycles. The molecular formula is C15H21NO. The number of hydrogen-bond donors (Lipinski definition) is 0. The summed E-state index contributed by atoms with van der Waals surface area (Å²) in [6.07, 6.45) is 2.00. The summed E-state index contributed by atoms with van der Waals surface area (Å²) in [6, 6.07) is 7.70. The van der Waals surface area contributed by atoms with Crippen molar-refractivity contribution < 1.29 is 4.79 Å². The van der Waals surface area contributed by atoms with Crippen molar-refractivity contribution in [3.05, 3.63) is 41.5 Å². The van der Waals surface area contributed by atoms with Gasteiger partial charge in [0.1, 0.15) is 0 Å². The quantitative estimate of drug-likeness (QED) is 0.583. The fraction of sp³-hybridized carbons (Fsp3) is 0.400. The van der Waals surface area contributed by atoms with Crippen LogP contribution in [0.3, 0.4) is 0 Å². The van der Waals surface area contributed by atoms with Crippen LogP contribution in [-0.2, 0) is 0 Å². The van der Waals surface area contributed by atoms with Crippen LogP contribution in [-0.4, -0.2) is 19.9 Å². The van der Waals surface area contributed by atoms with Crippen LogP contribution in [0.5, 0.6) is 0 Å². The molecule has 0 saturated carbocycles. The molecule has 0 atom stereocenters. The second-order valence-corrected chi connectivity index (χ2v) is 4.86. The number of Topliss-reactive ketones (excluding diaryl/α,β-unsaturated/α-hetero) is 1. The molecule has 2 heteroatoms. The van der Waals surface area contributed by atoms with Crippen LogP contribution in [0.4, 0.5) is 5.69 Å². The highest BCUT2D eigenvalue weighted by Gasteiger charge is 2.08. The van der Waals surface area contributed by atoms with Gasteiger partial charge in [-0.15, -0.1) is 0 Å². The molecule has 0 radical (unpaired) electrons. The number of benzene rings is 1. The standard InChI is InChI=1S/C15H21NO/c1-11(2)10-12(3)15(17)13-6-8-14(9-7-13)16(4)5/h6-11H,1-5H3/b12-10+. The van der Waals surface area contributed by atoms with E-state index >= 15 is 0 Å². The van der Waals surface area contributed by atoms with E-state index in [2.05, 4.69) is 13.8 Å². The zero-order valence-electron chi connectivity index (χ0n) is 11.3. The van der Waals surface area contributed by atoms with Gasteiger partial charge < -0.3 is 4.90 Å². The van der Waals surface area contributed by atoms with Gasteiger partial charge in [-0.25, -0.2) is 0 Å². The van der Waals surface area contributed by atoms with Crippen molar-refractivity contribution >= 4 is 11.5 Å². The second-order valence-electron chi connectivity index (χ2n) is 4.86. The average Bonchev–Trinajstić information content (AvgIpc) is 2.27. The first-order valence-electron chi connectivity index (χ1n) is 5.92. The van der Waals surface area contributed by atoms with Gasteiger partial charge in [0.25, 0.3) is 0 Å². The first-order valence-corrected chi connectivity index (χ1v) is 5.92. The van der Waals surface area contributed by atoms with Gasteiger partial charge in [0.15, 0.2) is 5.78 Å². The molecule has 17 heavy (non-hydrogen) atoms. The van der Waals surface area contributed by atoms with Crippen molar-refractivity contribution in [3.8, 4) is 0 Å². The minimum absolute atomic E-state index is 0.115. The highest BCUT2D eigenvalue weighted by molar-refractivity contribution is 6.08. The lowest BCUT2D eigenvalue weighted by Crippen LogP contribution is -2.09. The highest BCUT2D eigenvalue weighted by Crippen LogP contribution is 2.15. The molecule has 2 nitrogen and oxygen atoms in total. The number of rotatable bonds is 4. The fourth-order valence-corrected chi connectivity index (χ4v) is 1.71. The Balaban J connectivity index is 2.91. The predicted octanol–water partition coefficient (Wildman–Crippen LogP) is 3.54.